The van der Waals surface area contributed by atoms with Gasteiger partial charge in [-0.05, 0) is 58.9 Å². The van der Waals surface area contributed by atoms with E-state index in [2.05, 4.69) is 32.9 Å². The quantitative estimate of drug-likeness (QED) is 0.228. The third-order valence-corrected chi connectivity index (χ3v) is 7.36. The van der Waals surface area contributed by atoms with Crippen LogP contribution in [-0.2, 0) is 30.6 Å². The number of benzene rings is 3. The highest BCUT2D eigenvalue weighted by Gasteiger charge is 2.17. The molecule has 2 heterocycles. The standard InChI is InChI=1S/C33H35N7O2/c1-3-4-14-30-29(33(42)40(23(2)35-30)22-31(41)34-20-19-24-10-6-5-7-11-24)21-25-15-17-26(18-16-25)27-12-8-9-13-28(27)32-36-38-39-37-32/h5-13,15-18H,3-4,14,19-22H2,1-2H3,(H,34,41)(H,36,37,38,39). The molecule has 1 amide bonds. The minimum absolute atomic E-state index is 0.0558. The van der Waals surface area contributed by atoms with Crippen LogP contribution < -0.4 is 10.9 Å². The van der Waals surface area contributed by atoms with Crippen LogP contribution in [0.3, 0.4) is 0 Å². The second kappa shape index (κ2) is 13.6. The SMILES string of the molecule is CCCCc1nc(C)n(CC(=O)NCCc2ccccc2)c(=O)c1Cc1ccc(-c2ccccc2-c2nnn[nH]2)cc1. The van der Waals surface area contributed by atoms with Crippen LogP contribution in [0.15, 0.2) is 83.7 Å². The van der Waals surface area contributed by atoms with Crippen molar-refractivity contribution in [3.8, 4) is 22.5 Å². The molecule has 5 rings (SSSR count). The molecule has 214 valence electrons. The molecule has 9 nitrogen and oxygen atoms in total. The Bertz CT molecular complexity index is 1680. The fourth-order valence-corrected chi connectivity index (χ4v) is 5.08. The first kappa shape index (κ1) is 28.6. The number of carbonyl (C=O) groups is 1. The van der Waals surface area contributed by atoms with E-state index in [9.17, 15) is 9.59 Å². The van der Waals surface area contributed by atoms with Crippen LogP contribution in [0.2, 0.25) is 0 Å². The summed E-state index contributed by atoms with van der Waals surface area (Å²) in [6, 6.07) is 26.1. The molecule has 3 aromatic carbocycles. The number of nitrogens with one attached hydrogen (secondary N) is 2. The lowest BCUT2D eigenvalue weighted by Crippen LogP contribution is -2.36. The van der Waals surface area contributed by atoms with Crippen molar-refractivity contribution < 1.29 is 4.79 Å². The van der Waals surface area contributed by atoms with E-state index in [1.54, 1.807) is 6.92 Å². The molecule has 0 unspecified atom stereocenters. The Morgan fingerprint density at radius 3 is 2.36 bits per heavy atom. The first-order valence-electron chi connectivity index (χ1n) is 14.4. The number of carbonyl (C=O) groups excluding carboxylic acids is 1. The molecule has 0 spiro atoms. The van der Waals surface area contributed by atoms with Crippen molar-refractivity contribution in [2.75, 3.05) is 6.54 Å². The van der Waals surface area contributed by atoms with Gasteiger partial charge in [0.1, 0.15) is 12.4 Å². The van der Waals surface area contributed by atoms with E-state index in [0.29, 0.717) is 30.2 Å². The number of hydrogen-bond donors (Lipinski definition) is 2. The second-order valence-electron chi connectivity index (χ2n) is 10.3. The Kier molecular flexibility index (Phi) is 9.28. The summed E-state index contributed by atoms with van der Waals surface area (Å²) < 4.78 is 1.50. The van der Waals surface area contributed by atoms with Gasteiger partial charge in [-0.25, -0.2) is 10.1 Å². The van der Waals surface area contributed by atoms with E-state index in [0.717, 1.165) is 59.2 Å². The van der Waals surface area contributed by atoms with Crippen molar-refractivity contribution in [1.82, 2.24) is 35.5 Å². The molecule has 0 aliphatic carbocycles. The molecule has 2 N–H and O–H groups in total. The smallest absolute Gasteiger partial charge is 0.257 e. The molecule has 0 aliphatic rings. The Hall–Kier alpha value is -4.92. The topological polar surface area (TPSA) is 118 Å². The number of amides is 1. The highest BCUT2D eigenvalue weighted by Crippen LogP contribution is 2.30. The number of hydrogen-bond acceptors (Lipinski definition) is 6. The summed E-state index contributed by atoms with van der Waals surface area (Å²) in [7, 11) is 0. The monoisotopic (exact) mass is 561 g/mol. The first-order chi connectivity index (χ1) is 20.5. The minimum atomic E-state index is -0.199. The maximum Gasteiger partial charge on any atom is 0.257 e. The van der Waals surface area contributed by atoms with E-state index < -0.39 is 0 Å². The van der Waals surface area contributed by atoms with Crippen LogP contribution >= 0.6 is 0 Å². The summed E-state index contributed by atoms with van der Waals surface area (Å²) in [4.78, 5) is 31.4. The first-order valence-corrected chi connectivity index (χ1v) is 14.4. The van der Waals surface area contributed by atoms with Gasteiger partial charge in [-0.3, -0.25) is 14.2 Å². The summed E-state index contributed by atoms with van der Waals surface area (Å²) in [5.41, 5.74) is 6.38. The number of tetrazole rings is 1. The van der Waals surface area contributed by atoms with Gasteiger partial charge in [0.25, 0.3) is 5.56 Å². The van der Waals surface area contributed by atoms with Crippen molar-refractivity contribution in [2.24, 2.45) is 0 Å². The molecular formula is C33H35N7O2. The average Bonchev–Trinajstić information content (AvgIpc) is 3.56. The maximum absolute atomic E-state index is 13.8. The van der Waals surface area contributed by atoms with Gasteiger partial charge in [-0.2, -0.15) is 0 Å². The summed E-state index contributed by atoms with van der Waals surface area (Å²) in [5, 5.41) is 17.3. The molecule has 0 saturated heterocycles. The molecule has 5 aromatic rings. The lowest BCUT2D eigenvalue weighted by Gasteiger charge is -2.16. The predicted molar refractivity (Wildman–Crippen MR) is 163 cm³/mol. The van der Waals surface area contributed by atoms with Gasteiger partial charge in [-0.1, -0.05) is 92.2 Å². The van der Waals surface area contributed by atoms with Crippen molar-refractivity contribution in [3.63, 3.8) is 0 Å². The van der Waals surface area contributed by atoms with Crippen LogP contribution in [0.5, 0.6) is 0 Å². The number of H-pyrrole nitrogens is 1. The Morgan fingerprint density at radius 1 is 0.905 bits per heavy atom. The van der Waals surface area contributed by atoms with Gasteiger partial charge < -0.3 is 5.32 Å². The van der Waals surface area contributed by atoms with Crippen LogP contribution in [0.4, 0.5) is 0 Å². The second-order valence-corrected chi connectivity index (χ2v) is 10.3. The van der Waals surface area contributed by atoms with Gasteiger partial charge in [0.05, 0.1) is 5.69 Å². The number of nitrogens with zero attached hydrogens (tertiary/aromatic N) is 5. The summed E-state index contributed by atoms with van der Waals surface area (Å²) in [6.07, 6.45) is 3.84. The highest BCUT2D eigenvalue weighted by atomic mass is 16.2. The van der Waals surface area contributed by atoms with Gasteiger partial charge in [0, 0.05) is 24.1 Å². The van der Waals surface area contributed by atoms with Crippen LogP contribution in [0.25, 0.3) is 22.5 Å². The summed E-state index contributed by atoms with van der Waals surface area (Å²) in [6.45, 7) is 4.38. The van der Waals surface area contributed by atoms with Gasteiger partial charge in [0.15, 0.2) is 5.82 Å². The molecule has 0 saturated carbocycles. The number of rotatable bonds is 12. The van der Waals surface area contributed by atoms with Crippen molar-refractivity contribution >= 4 is 5.91 Å². The molecular weight excluding hydrogens is 526 g/mol. The number of aryl methyl sites for hydroxylation is 2. The zero-order valence-electron chi connectivity index (χ0n) is 24.0. The molecule has 9 heteroatoms. The highest BCUT2D eigenvalue weighted by molar-refractivity contribution is 5.80. The normalized spacial score (nSPS) is 11.0. The molecule has 0 radical (unpaired) electrons. The zero-order chi connectivity index (χ0) is 29.3. The molecule has 0 bridgehead atoms. The molecule has 0 atom stereocenters. The number of aromatic nitrogens is 6. The summed E-state index contributed by atoms with van der Waals surface area (Å²) in [5.74, 6) is 0.961. The zero-order valence-corrected chi connectivity index (χ0v) is 24.0. The largest absolute Gasteiger partial charge is 0.354 e. The van der Waals surface area contributed by atoms with Gasteiger partial charge in [0.2, 0.25) is 5.91 Å². The van der Waals surface area contributed by atoms with E-state index >= 15 is 0 Å². The Labute approximate surface area is 245 Å². The number of unbranched alkanes of at least 4 members (excludes halogenated alkanes) is 1. The van der Waals surface area contributed by atoms with Crippen molar-refractivity contribution in [2.45, 2.75) is 52.5 Å². The molecule has 42 heavy (non-hydrogen) atoms. The molecule has 0 fully saturated rings. The fourth-order valence-electron chi connectivity index (χ4n) is 5.08. The average molecular weight is 562 g/mol. The van der Waals surface area contributed by atoms with Gasteiger partial charge in [-0.15, -0.1) is 5.10 Å². The van der Waals surface area contributed by atoms with Crippen LogP contribution in [-0.4, -0.2) is 42.6 Å². The number of aromatic amines is 1. The Balaban J connectivity index is 1.36. The molecule has 0 aliphatic heterocycles. The summed E-state index contributed by atoms with van der Waals surface area (Å²) >= 11 is 0. The van der Waals surface area contributed by atoms with E-state index in [1.165, 1.54) is 4.57 Å². The van der Waals surface area contributed by atoms with E-state index in [4.69, 9.17) is 4.98 Å². The maximum atomic E-state index is 13.8. The third-order valence-electron chi connectivity index (χ3n) is 7.36. The fraction of sp³-hybridized carbons (Fsp3) is 0.273. The Morgan fingerprint density at radius 2 is 1.64 bits per heavy atom. The lowest BCUT2D eigenvalue weighted by molar-refractivity contribution is -0.121. The van der Waals surface area contributed by atoms with Crippen molar-refractivity contribution in [3.05, 3.63) is 117 Å². The predicted octanol–water partition coefficient (Wildman–Crippen LogP) is 4.69. The van der Waals surface area contributed by atoms with Crippen molar-refractivity contribution in [1.29, 1.82) is 0 Å². The molecule has 2 aromatic heterocycles. The van der Waals surface area contributed by atoms with E-state index in [-0.39, 0.29) is 18.0 Å². The van der Waals surface area contributed by atoms with Crippen LogP contribution in [0.1, 0.15) is 48.0 Å². The van der Waals surface area contributed by atoms with Gasteiger partial charge >= 0.3 is 0 Å². The lowest BCUT2D eigenvalue weighted by atomic mass is 9.96. The minimum Gasteiger partial charge on any atom is -0.354 e. The third kappa shape index (κ3) is 6.86. The van der Waals surface area contributed by atoms with Crippen LogP contribution in [0, 0.1) is 6.92 Å². The van der Waals surface area contributed by atoms with E-state index in [1.807, 2.05) is 78.9 Å².